The minimum Gasteiger partial charge on any atom is -0.392 e. The van der Waals surface area contributed by atoms with E-state index in [0.29, 0.717) is 0 Å². The molecule has 0 unspecified atom stereocenters. The molecule has 0 aliphatic carbocycles. The summed E-state index contributed by atoms with van der Waals surface area (Å²) in [5, 5.41) is 11.0. The third-order valence-corrected chi connectivity index (χ3v) is 4.75. The van der Waals surface area contributed by atoms with Crippen molar-refractivity contribution in [2.24, 2.45) is 0 Å². The third-order valence-electron chi connectivity index (χ3n) is 4.75. The Hall–Kier alpha value is -2.30. The number of hydrogen-bond acceptors (Lipinski definition) is 3. The number of hydrogen-bond donors (Lipinski definition) is 2. The van der Waals surface area contributed by atoms with Crippen molar-refractivity contribution in [1.82, 2.24) is 4.98 Å². The minimum absolute atomic E-state index is 0.0694. The van der Waals surface area contributed by atoms with Crippen molar-refractivity contribution in [3.63, 3.8) is 0 Å². The maximum atomic E-state index is 9.81. The van der Waals surface area contributed by atoms with Crippen molar-refractivity contribution in [1.29, 1.82) is 0 Å². The van der Waals surface area contributed by atoms with Gasteiger partial charge >= 0.3 is 0 Å². The zero-order chi connectivity index (χ0) is 16.4. The number of H-pyrrole nitrogens is 1. The first-order chi connectivity index (χ1) is 11.8. The van der Waals surface area contributed by atoms with Gasteiger partial charge in [0.05, 0.1) is 19.8 Å². The topological polar surface area (TPSA) is 48.5 Å². The molecule has 1 aliphatic rings. The summed E-state index contributed by atoms with van der Waals surface area (Å²) in [7, 11) is 0. The summed E-state index contributed by atoms with van der Waals surface area (Å²) in [4.78, 5) is 5.54. The van der Waals surface area contributed by atoms with E-state index in [0.717, 1.165) is 43.8 Å². The van der Waals surface area contributed by atoms with E-state index >= 15 is 0 Å². The number of aliphatic hydroxyl groups excluding tert-OH is 1. The first-order valence-electron chi connectivity index (χ1n) is 8.45. The Balaban J connectivity index is 1.59. The van der Waals surface area contributed by atoms with Crippen LogP contribution < -0.4 is 4.90 Å². The number of anilines is 1. The Labute approximate surface area is 141 Å². The molecular weight excluding hydrogens is 300 g/mol. The number of aromatic nitrogens is 1. The largest absolute Gasteiger partial charge is 0.392 e. The molecule has 0 radical (unpaired) electrons. The van der Waals surface area contributed by atoms with Crippen LogP contribution in [0.15, 0.2) is 48.7 Å². The molecule has 4 nitrogen and oxygen atoms in total. The van der Waals surface area contributed by atoms with Crippen molar-refractivity contribution in [2.75, 3.05) is 31.2 Å². The van der Waals surface area contributed by atoms with Crippen molar-refractivity contribution in [2.45, 2.75) is 13.0 Å². The van der Waals surface area contributed by atoms with Crippen molar-refractivity contribution in [3.05, 3.63) is 65.4 Å². The van der Waals surface area contributed by atoms with Crippen LogP contribution in [0.3, 0.4) is 0 Å². The third kappa shape index (κ3) is 3.03. The van der Waals surface area contributed by atoms with Gasteiger partial charge in [0, 0.05) is 30.5 Å². The van der Waals surface area contributed by atoms with Crippen LogP contribution in [0.1, 0.15) is 16.7 Å². The highest BCUT2D eigenvalue weighted by Gasteiger charge is 2.13. The van der Waals surface area contributed by atoms with E-state index in [-0.39, 0.29) is 6.61 Å². The number of nitrogens with zero attached hydrogens (tertiary/aromatic N) is 1. The summed E-state index contributed by atoms with van der Waals surface area (Å²) in [5.41, 5.74) is 5.78. The molecule has 124 valence electrons. The number of morpholine rings is 1. The van der Waals surface area contributed by atoms with E-state index < -0.39 is 0 Å². The van der Waals surface area contributed by atoms with Crippen LogP contribution in [-0.4, -0.2) is 36.4 Å². The lowest BCUT2D eigenvalue weighted by Gasteiger charge is -2.29. The van der Waals surface area contributed by atoms with Gasteiger partial charge in [0.1, 0.15) is 0 Å². The molecule has 0 atom stereocenters. The van der Waals surface area contributed by atoms with Gasteiger partial charge in [-0.25, -0.2) is 0 Å². The average molecular weight is 322 g/mol. The molecule has 0 saturated carbocycles. The molecule has 4 rings (SSSR count). The standard InChI is InChI=1S/C20H22N2O2/c23-14-18-13-19(22-7-9-24-10-8-22)3-2-16(18)11-15-1-4-20-17(12-15)5-6-21-20/h1-6,12-13,21,23H,7-11,14H2. The molecule has 2 aromatic carbocycles. The second kappa shape index (κ2) is 6.67. The second-order valence-electron chi connectivity index (χ2n) is 6.29. The van der Waals surface area contributed by atoms with Crippen LogP contribution in [0.2, 0.25) is 0 Å². The first-order valence-corrected chi connectivity index (χ1v) is 8.45. The molecule has 2 heterocycles. The van der Waals surface area contributed by atoms with Gasteiger partial charge in [0.25, 0.3) is 0 Å². The van der Waals surface area contributed by atoms with Gasteiger partial charge in [-0.3, -0.25) is 0 Å². The molecule has 1 saturated heterocycles. The normalized spacial score (nSPS) is 15.1. The summed E-state index contributed by atoms with van der Waals surface area (Å²) >= 11 is 0. The lowest BCUT2D eigenvalue weighted by molar-refractivity contribution is 0.122. The van der Waals surface area contributed by atoms with Gasteiger partial charge in [-0.2, -0.15) is 0 Å². The quantitative estimate of drug-likeness (QED) is 0.776. The maximum absolute atomic E-state index is 9.81. The Morgan fingerprint density at radius 1 is 1.00 bits per heavy atom. The fourth-order valence-electron chi connectivity index (χ4n) is 3.38. The number of nitrogens with one attached hydrogen (secondary N) is 1. The summed E-state index contributed by atoms with van der Waals surface area (Å²) in [5.74, 6) is 0. The SMILES string of the molecule is OCc1cc(N2CCOCC2)ccc1Cc1ccc2[nH]ccc2c1. The highest BCUT2D eigenvalue weighted by atomic mass is 16.5. The van der Waals surface area contributed by atoms with Gasteiger partial charge in [0.2, 0.25) is 0 Å². The predicted molar refractivity (Wildman–Crippen MR) is 96.5 cm³/mol. The van der Waals surface area contributed by atoms with Crippen LogP contribution in [0.25, 0.3) is 10.9 Å². The summed E-state index contributed by atoms with van der Waals surface area (Å²) in [6.45, 7) is 3.43. The van der Waals surface area contributed by atoms with Crippen molar-refractivity contribution in [3.8, 4) is 0 Å². The lowest BCUT2D eigenvalue weighted by Crippen LogP contribution is -2.36. The maximum Gasteiger partial charge on any atom is 0.0685 e. The number of aromatic amines is 1. The Morgan fingerprint density at radius 2 is 1.88 bits per heavy atom. The van der Waals surface area contributed by atoms with Gasteiger partial charge in [-0.1, -0.05) is 12.1 Å². The fourth-order valence-corrected chi connectivity index (χ4v) is 3.38. The Morgan fingerprint density at radius 3 is 2.71 bits per heavy atom. The second-order valence-corrected chi connectivity index (χ2v) is 6.29. The number of rotatable bonds is 4. The lowest BCUT2D eigenvalue weighted by atomic mass is 9.98. The van der Waals surface area contributed by atoms with E-state index in [4.69, 9.17) is 4.74 Å². The molecule has 0 spiro atoms. The van der Waals surface area contributed by atoms with E-state index in [9.17, 15) is 5.11 Å². The predicted octanol–water partition coefficient (Wildman–Crippen LogP) is 3.09. The van der Waals surface area contributed by atoms with Crippen LogP contribution in [0.5, 0.6) is 0 Å². The van der Waals surface area contributed by atoms with Crippen molar-refractivity contribution < 1.29 is 9.84 Å². The number of ether oxygens (including phenoxy) is 1. The first kappa shape index (κ1) is 15.2. The highest BCUT2D eigenvalue weighted by molar-refractivity contribution is 5.80. The minimum atomic E-state index is 0.0694. The molecular formula is C20H22N2O2. The smallest absolute Gasteiger partial charge is 0.0685 e. The van der Waals surface area contributed by atoms with E-state index in [2.05, 4.69) is 52.3 Å². The van der Waals surface area contributed by atoms with E-state index in [1.165, 1.54) is 22.2 Å². The molecule has 1 aliphatic heterocycles. The summed E-state index contributed by atoms with van der Waals surface area (Å²) in [6.07, 6.45) is 2.80. The molecule has 24 heavy (non-hydrogen) atoms. The fraction of sp³-hybridized carbons (Fsp3) is 0.300. The molecule has 0 amide bonds. The van der Waals surface area contributed by atoms with Crippen LogP contribution in [0, 0.1) is 0 Å². The van der Waals surface area contributed by atoms with Gasteiger partial charge < -0.3 is 19.7 Å². The zero-order valence-electron chi connectivity index (χ0n) is 13.7. The van der Waals surface area contributed by atoms with Crippen LogP contribution in [0.4, 0.5) is 5.69 Å². The number of fused-ring (bicyclic) bond motifs is 1. The van der Waals surface area contributed by atoms with E-state index in [1.807, 2.05) is 6.20 Å². The summed E-state index contributed by atoms with van der Waals surface area (Å²) in [6, 6.07) is 15.0. The van der Waals surface area contributed by atoms with Gasteiger partial charge in [-0.15, -0.1) is 0 Å². The molecule has 1 aromatic heterocycles. The van der Waals surface area contributed by atoms with E-state index in [1.54, 1.807) is 0 Å². The molecule has 4 heteroatoms. The Kier molecular flexibility index (Phi) is 4.24. The monoisotopic (exact) mass is 322 g/mol. The molecule has 3 aromatic rings. The van der Waals surface area contributed by atoms with Crippen LogP contribution in [-0.2, 0) is 17.8 Å². The Bertz CT molecular complexity index is 835. The summed E-state index contributed by atoms with van der Waals surface area (Å²) < 4.78 is 5.42. The van der Waals surface area contributed by atoms with Gasteiger partial charge in [-0.05, 0) is 58.8 Å². The average Bonchev–Trinajstić information content (AvgIpc) is 3.10. The molecule has 0 bridgehead atoms. The zero-order valence-corrected chi connectivity index (χ0v) is 13.7. The highest BCUT2D eigenvalue weighted by Crippen LogP contribution is 2.24. The number of benzene rings is 2. The molecule has 1 fully saturated rings. The van der Waals surface area contributed by atoms with Crippen LogP contribution >= 0.6 is 0 Å². The van der Waals surface area contributed by atoms with Crippen molar-refractivity contribution >= 4 is 16.6 Å². The molecule has 2 N–H and O–H groups in total. The number of aliphatic hydroxyl groups is 1. The van der Waals surface area contributed by atoms with Gasteiger partial charge in [0.15, 0.2) is 0 Å².